The fraction of sp³-hybridized carbons (Fsp3) is 0.235. The molecule has 0 bridgehead atoms. The van der Waals surface area contributed by atoms with Crippen LogP contribution in [0.3, 0.4) is 0 Å². The van der Waals surface area contributed by atoms with E-state index in [-0.39, 0.29) is 0 Å². The molecule has 3 N–H and O–H groups in total. The maximum absolute atomic E-state index is 5.56. The summed E-state index contributed by atoms with van der Waals surface area (Å²) in [6, 6.07) is 17.0. The number of benzene rings is 2. The topological polar surface area (TPSA) is 54.7 Å². The van der Waals surface area contributed by atoms with Gasteiger partial charge < -0.3 is 10.7 Å². The minimum atomic E-state index is 0.626. The average molecular weight is 265 g/mol. The monoisotopic (exact) mass is 265 g/mol. The Labute approximate surface area is 118 Å². The van der Waals surface area contributed by atoms with Crippen LogP contribution in [-0.2, 0) is 19.3 Å². The SMILES string of the molecule is NCCc1nc2ccc(CCc3ccccc3)cc2[nH]1. The van der Waals surface area contributed by atoms with E-state index in [1.165, 1.54) is 11.1 Å². The van der Waals surface area contributed by atoms with E-state index in [4.69, 9.17) is 5.73 Å². The van der Waals surface area contributed by atoms with Crippen LogP contribution < -0.4 is 5.73 Å². The van der Waals surface area contributed by atoms with E-state index in [1.807, 2.05) is 0 Å². The zero-order valence-corrected chi connectivity index (χ0v) is 11.5. The summed E-state index contributed by atoms with van der Waals surface area (Å²) >= 11 is 0. The second kappa shape index (κ2) is 5.88. The fourth-order valence-corrected chi connectivity index (χ4v) is 2.45. The Morgan fingerprint density at radius 1 is 0.900 bits per heavy atom. The van der Waals surface area contributed by atoms with Crippen molar-refractivity contribution >= 4 is 11.0 Å². The lowest BCUT2D eigenvalue weighted by atomic mass is 10.0. The summed E-state index contributed by atoms with van der Waals surface area (Å²) in [5.41, 5.74) is 10.4. The molecule has 0 spiro atoms. The Balaban J connectivity index is 1.75. The lowest BCUT2D eigenvalue weighted by Crippen LogP contribution is -2.03. The van der Waals surface area contributed by atoms with Gasteiger partial charge in [0.25, 0.3) is 0 Å². The minimum Gasteiger partial charge on any atom is -0.342 e. The number of aromatic nitrogens is 2. The van der Waals surface area contributed by atoms with Crippen molar-refractivity contribution < 1.29 is 0 Å². The number of hydrogen-bond acceptors (Lipinski definition) is 2. The van der Waals surface area contributed by atoms with Gasteiger partial charge in [-0.1, -0.05) is 36.4 Å². The molecule has 3 heteroatoms. The molecule has 2 aromatic carbocycles. The minimum absolute atomic E-state index is 0.626. The van der Waals surface area contributed by atoms with Crippen molar-refractivity contribution in [3.8, 4) is 0 Å². The Morgan fingerprint density at radius 2 is 1.70 bits per heavy atom. The third-order valence-electron chi connectivity index (χ3n) is 3.52. The number of fused-ring (bicyclic) bond motifs is 1. The first kappa shape index (κ1) is 12.9. The summed E-state index contributed by atoms with van der Waals surface area (Å²) in [7, 11) is 0. The highest BCUT2D eigenvalue weighted by atomic mass is 14.9. The van der Waals surface area contributed by atoms with E-state index in [0.717, 1.165) is 36.1 Å². The number of nitrogens with one attached hydrogen (secondary N) is 1. The van der Waals surface area contributed by atoms with Crippen molar-refractivity contribution in [2.45, 2.75) is 19.3 Å². The molecule has 20 heavy (non-hydrogen) atoms. The van der Waals surface area contributed by atoms with Gasteiger partial charge in [-0.2, -0.15) is 0 Å². The highest BCUT2D eigenvalue weighted by Gasteiger charge is 2.03. The summed E-state index contributed by atoms with van der Waals surface area (Å²) in [6.45, 7) is 0.626. The van der Waals surface area contributed by atoms with Crippen LogP contribution in [0.25, 0.3) is 11.0 Å². The van der Waals surface area contributed by atoms with Crippen molar-refractivity contribution in [1.29, 1.82) is 0 Å². The maximum atomic E-state index is 5.56. The molecule has 102 valence electrons. The zero-order chi connectivity index (χ0) is 13.8. The van der Waals surface area contributed by atoms with Gasteiger partial charge >= 0.3 is 0 Å². The van der Waals surface area contributed by atoms with Gasteiger partial charge in [0.05, 0.1) is 11.0 Å². The summed E-state index contributed by atoms with van der Waals surface area (Å²) in [6.07, 6.45) is 2.91. The van der Waals surface area contributed by atoms with Gasteiger partial charge in [-0.25, -0.2) is 4.98 Å². The van der Waals surface area contributed by atoms with Crippen LogP contribution >= 0.6 is 0 Å². The van der Waals surface area contributed by atoms with Crippen LogP contribution in [0.2, 0.25) is 0 Å². The van der Waals surface area contributed by atoms with Gasteiger partial charge in [-0.05, 0) is 42.6 Å². The highest BCUT2D eigenvalue weighted by Crippen LogP contribution is 2.15. The number of H-pyrrole nitrogens is 1. The number of rotatable bonds is 5. The van der Waals surface area contributed by atoms with Crippen LogP contribution in [0.5, 0.6) is 0 Å². The van der Waals surface area contributed by atoms with E-state index < -0.39 is 0 Å². The van der Waals surface area contributed by atoms with Crippen LogP contribution in [0.4, 0.5) is 0 Å². The van der Waals surface area contributed by atoms with Crippen molar-refractivity contribution in [3.63, 3.8) is 0 Å². The van der Waals surface area contributed by atoms with Crippen molar-refractivity contribution in [1.82, 2.24) is 9.97 Å². The number of aryl methyl sites for hydroxylation is 2. The van der Waals surface area contributed by atoms with Gasteiger partial charge in [0.2, 0.25) is 0 Å². The second-order valence-corrected chi connectivity index (χ2v) is 5.06. The Bertz CT molecular complexity index is 686. The van der Waals surface area contributed by atoms with Gasteiger partial charge in [0, 0.05) is 6.42 Å². The molecule has 3 aromatic rings. The predicted octanol–water partition coefficient (Wildman–Crippen LogP) is 2.85. The molecule has 0 unspecified atom stereocenters. The molecule has 0 radical (unpaired) electrons. The summed E-state index contributed by atoms with van der Waals surface area (Å²) in [5.74, 6) is 0.975. The van der Waals surface area contributed by atoms with E-state index in [1.54, 1.807) is 0 Å². The van der Waals surface area contributed by atoms with Gasteiger partial charge in [-0.15, -0.1) is 0 Å². The summed E-state index contributed by atoms with van der Waals surface area (Å²) in [4.78, 5) is 7.87. The van der Waals surface area contributed by atoms with Crippen LogP contribution in [-0.4, -0.2) is 16.5 Å². The fourth-order valence-electron chi connectivity index (χ4n) is 2.45. The first-order chi connectivity index (χ1) is 9.85. The molecule has 1 heterocycles. The number of imidazole rings is 1. The van der Waals surface area contributed by atoms with E-state index in [2.05, 4.69) is 58.5 Å². The van der Waals surface area contributed by atoms with Crippen molar-refractivity contribution in [3.05, 3.63) is 65.5 Å². The summed E-state index contributed by atoms with van der Waals surface area (Å²) < 4.78 is 0. The second-order valence-electron chi connectivity index (χ2n) is 5.06. The Hall–Kier alpha value is -2.13. The van der Waals surface area contributed by atoms with Crippen LogP contribution in [0.15, 0.2) is 48.5 Å². The standard InChI is InChI=1S/C17H19N3/c18-11-10-17-19-15-9-8-14(12-16(15)20-17)7-6-13-4-2-1-3-5-13/h1-5,8-9,12H,6-7,10-11,18H2,(H,19,20). The van der Waals surface area contributed by atoms with E-state index in [0.29, 0.717) is 6.54 Å². The maximum Gasteiger partial charge on any atom is 0.108 e. The average Bonchev–Trinajstić information content (AvgIpc) is 2.88. The quantitative estimate of drug-likeness (QED) is 0.745. The molecule has 0 atom stereocenters. The molecular weight excluding hydrogens is 246 g/mol. The van der Waals surface area contributed by atoms with Crippen molar-refractivity contribution in [2.24, 2.45) is 5.73 Å². The van der Waals surface area contributed by atoms with Gasteiger partial charge in [0.15, 0.2) is 0 Å². The number of hydrogen-bond donors (Lipinski definition) is 2. The largest absolute Gasteiger partial charge is 0.342 e. The number of nitrogens with zero attached hydrogens (tertiary/aromatic N) is 1. The van der Waals surface area contributed by atoms with E-state index in [9.17, 15) is 0 Å². The lowest BCUT2D eigenvalue weighted by Gasteiger charge is -2.02. The van der Waals surface area contributed by atoms with Gasteiger partial charge in [-0.3, -0.25) is 0 Å². The molecule has 0 saturated heterocycles. The zero-order valence-electron chi connectivity index (χ0n) is 11.5. The number of nitrogens with two attached hydrogens (primary N) is 1. The molecular formula is C17H19N3. The smallest absolute Gasteiger partial charge is 0.108 e. The third kappa shape index (κ3) is 2.89. The molecule has 0 fully saturated rings. The Morgan fingerprint density at radius 3 is 2.50 bits per heavy atom. The molecule has 0 aliphatic rings. The molecule has 0 aliphatic heterocycles. The summed E-state index contributed by atoms with van der Waals surface area (Å²) in [5, 5.41) is 0. The lowest BCUT2D eigenvalue weighted by molar-refractivity contribution is 0.900. The molecule has 0 aliphatic carbocycles. The predicted molar refractivity (Wildman–Crippen MR) is 82.7 cm³/mol. The first-order valence-electron chi connectivity index (χ1n) is 7.06. The van der Waals surface area contributed by atoms with Crippen LogP contribution in [0, 0.1) is 0 Å². The molecule has 0 amide bonds. The molecule has 3 nitrogen and oxygen atoms in total. The molecule has 0 saturated carbocycles. The van der Waals surface area contributed by atoms with E-state index >= 15 is 0 Å². The highest BCUT2D eigenvalue weighted by molar-refractivity contribution is 5.75. The normalized spacial score (nSPS) is 11.1. The van der Waals surface area contributed by atoms with Crippen molar-refractivity contribution in [2.75, 3.05) is 6.54 Å². The molecule has 3 rings (SSSR count). The third-order valence-corrected chi connectivity index (χ3v) is 3.52. The first-order valence-corrected chi connectivity index (χ1v) is 7.06. The number of aromatic amines is 1. The molecule has 1 aromatic heterocycles. The Kier molecular flexibility index (Phi) is 3.79. The van der Waals surface area contributed by atoms with Crippen LogP contribution in [0.1, 0.15) is 17.0 Å². The van der Waals surface area contributed by atoms with Gasteiger partial charge in [0.1, 0.15) is 5.82 Å².